The van der Waals surface area contributed by atoms with Gasteiger partial charge in [0.1, 0.15) is 0 Å². The second-order valence-corrected chi connectivity index (χ2v) is 7.83. The Hall–Kier alpha value is -0.0400. The summed E-state index contributed by atoms with van der Waals surface area (Å²) in [4.78, 5) is 0. The molecule has 2 aliphatic carbocycles. The lowest BCUT2D eigenvalue weighted by Crippen LogP contribution is -2.38. The lowest BCUT2D eigenvalue weighted by Gasteiger charge is -2.36. The van der Waals surface area contributed by atoms with Gasteiger partial charge >= 0.3 is 0 Å². The maximum Gasteiger partial charge on any atom is 0.00721 e. The van der Waals surface area contributed by atoms with Crippen LogP contribution < -0.4 is 5.32 Å². The van der Waals surface area contributed by atoms with Gasteiger partial charge in [0.25, 0.3) is 0 Å². The molecule has 1 N–H and O–H groups in total. The van der Waals surface area contributed by atoms with Crippen molar-refractivity contribution in [1.29, 1.82) is 0 Å². The lowest BCUT2D eigenvalue weighted by atomic mass is 9.75. The highest BCUT2D eigenvalue weighted by Gasteiger charge is 2.27. The fourth-order valence-electron chi connectivity index (χ4n) is 3.98. The van der Waals surface area contributed by atoms with Crippen LogP contribution in [0.2, 0.25) is 0 Å². The van der Waals surface area contributed by atoms with E-state index in [-0.39, 0.29) is 0 Å². The summed E-state index contributed by atoms with van der Waals surface area (Å²) in [7, 11) is 0. The largest absolute Gasteiger partial charge is 0.314 e. The first-order valence-corrected chi connectivity index (χ1v) is 8.28. The monoisotopic (exact) mass is 251 g/mol. The Morgan fingerprint density at radius 3 is 2.44 bits per heavy atom. The van der Waals surface area contributed by atoms with Crippen molar-refractivity contribution in [3.05, 3.63) is 0 Å². The highest BCUT2D eigenvalue weighted by Crippen LogP contribution is 2.35. The van der Waals surface area contributed by atoms with Crippen LogP contribution in [-0.2, 0) is 0 Å². The number of hydrogen-bond donors (Lipinski definition) is 1. The van der Waals surface area contributed by atoms with Crippen molar-refractivity contribution in [3.8, 4) is 0 Å². The molecule has 2 fully saturated rings. The molecule has 18 heavy (non-hydrogen) atoms. The van der Waals surface area contributed by atoms with Crippen molar-refractivity contribution < 1.29 is 0 Å². The summed E-state index contributed by atoms with van der Waals surface area (Å²) in [6.45, 7) is 8.55. The van der Waals surface area contributed by atoms with E-state index in [2.05, 4.69) is 26.1 Å². The SMILES string of the molecule is CC1CCC(CCNC2CCCC(C)(C)C2)CC1. The molecule has 1 unspecified atom stereocenters. The molecule has 2 aliphatic rings. The topological polar surface area (TPSA) is 12.0 Å². The minimum atomic E-state index is 0.580. The van der Waals surface area contributed by atoms with Gasteiger partial charge in [-0.1, -0.05) is 52.9 Å². The average molecular weight is 251 g/mol. The smallest absolute Gasteiger partial charge is 0.00721 e. The lowest BCUT2D eigenvalue weighted by molar-refractivity contribution is 0.193. The summed E-state index contributed by atoms with van der Waals surface area (Å²) in [6, 6.07) is 0.802. The Morgan fingerprint density at radius 1 is 1.06 bits per heavy atom. The molecule has 1 heteroatoms. The fraction of sp³-hybridized carbons (Fsp3) is 1.00. The molecule has 1 nitrogen and oxygen atoms in total. The quantitative estimate of drug-likeness (QED) is 0.759. The number of hydrogen-bond acceptors (Lipinski definition) is 1. The zero-order valence-corrected chi connectivity index (χ0v) is 12.8. The van der Waals surface area contributed by atoms with Crippen LogP contribution in [0.5, 0.6) is 0 Å². The van der Waals surface area contributed by atoms with Gasteiger partial charge in [0.05, 0.1) is 0 Å². The highest BCUT2D eigenvalue weighted by atomic mass is 14.9. The minimum Gasteiger partial charge on any atom is -0.314 e. The van der Waals surface area contributed by atoms with Gasteiger partial charge in [0.2, 0.25) is 0 Å². The van der Waals surface area contributed by atoms with Crippen LogP contribution in [0.4, 0.5) is 0 Å². The third-order valence-electron chi connectivity index (χ3n) is 5.33. The van der Waals surface area contributed by atoms with Crippen molar-refractivity contribution in [2.24, 2.45) is 17.3 Å². The third-order valence-corrected chi connectivity index (χ3v) is 5.33. The van der Waals surface area contributed by atoms with Crippen LogP contribution in [0.3, 0.4) is 0 Å². The van der Waals surface area contributed by atoms with Gasteiger partial charge in [0, 0.05) is 6.04 Å². The molecule has 1 atom stereocenters. The van der Waals surface area contributed by atoms with Crippen molar-refractivity contribution in [2.75, 3.05) is 6.54 Å². The van der Waals surface area contributed by atoms with Crippen LogP contribution >= 0.6 is 0 Å². The Bertz CT molecular complexity index is 238. The molecule has 0 bridgehead atoms. The van der Waals surface area contributed by atoms with E-state index in [1.54, 1.807) is 0 Å². The summed E-state index contributed by atoms with van der Waals surface area (Å²) in [5.41, 5.74) is 0.580. The summed E-state index contributed by atoms with van der Waals surface area (Å²) < 4.78 is 0. The molecule has 0 aromatic carbocycles. The van der Waals surface area contributed by atoms with Gasteiger partial charge in [-0.25, -0.2) is 0 Å². The standard InChI is InChI=1S/C17H33N/c1-14-6-8-15(9-7-14)10-12-18-16-5-4-11-17(2,3)13-16/h14-16,18H,4-13H2,1-3H3. The van der Waals surface area contributed by atoms with Crippen LogP contribution in [0, 0.1) is 17.3 Å². The Morgan fingerprint density at radius 2 is 1.78 bits per heavy atom. The molecule has 0 saturated heterocycles. The van der Waals surface area contributed by atoms with Gasteiger partial charge in [0.15, 0.2) is 0 Å². The predicted octanol–water partition coefficient (Wildman–Crippen LogP) is 4.76. The highest BCUT2D eigenvalue weighted by molar-refractivity contribution is 4.83. The van der Waals surface area contributed by atoms with Crippen LogP contribution in [0.1, 0.15) is 78.6 Å². The average Bonchev–Trinajstić information content (AvgIpc) is 2.30. The molecule has 2 rings (SSSR count). The Labute approximate surface area is 114 Å². The van der Waals surface area contributed by atoms with Gasteiger partial charge < -0.3 is 5.32 Å². The van der Waals surface area contributed by atoms with E-state index in [1.165, 1.54) is 64.3 Å². The molecule has 0 aromatic heterocycles. The molecule has 0 spiro atoms. The second-order valence-electron chi connectivity index (χ2n) is 7.83. The van der Waals surface area contributed by atoms with Gasteiger partial charge in [-0.05, 0) is 49.5 Å². The molecule has 0 aromatic rings. The summed E-state index contributed by atoms with van der Waals surface area (Å²) in [5, 5.41) is 3.84. The summed E-state index contributed by atoms with van der Waals surface area (Å²) in [6.07, 6.45) is 13.0. The molecule has 0 radical (unpaired) electrons. The molecule has 0 amide bonds. The van der Waals surface area contributed by atoms with Crippen LogP contribution in [0.25, 0.3) is 0 Å². The predicted molar refractivity (Wildman–Crippen MR) is 79.8 cm³/mol. The first-order valence-electron chi connectivity index (χ1n) is 8.28. The molecule has 0 heterocycles. The van der Waals surface area contributed by atoms with Crippen molar-refractivity contribution in [1.82, 2.24) is 5.32 Å². The van der Waals surface area contributed by atoms with E-state index >= 15 is 0 Å². The Kier molecular flexibility index (Phi) is 5.12. The van der Waals surface area contributed by atoms with Crippen molar-refractivity contribution in [2.45, 2.75) is 84.6 Å². The van der Waals surface area contributed by atoms with Crippen LogP contribution in [-0.4, -0.2) is 12.6 Å². The van der Waals surface area contributed by atoms with E-state index in [1.807, 2.05) is 0 Å². The molecular weight excluding hydrogens is 218 g/mol. The summed E-state index contributed by atoms with van der Waals surface area (Å²) >= 11 is 0. The van der Waals surface area contributed by atoms with Crippen molar-refractivity contribution >= 4 is 0 Å². The first-order chi connectivity index (χ1) is 8.55. The summed E-state index contributed by atoms with van der Waals surface area (Å²) in [5.74, 6) is 2.01. The normalized spacial score (nSPS) is 36.5. The third kappa shape index (κ3) is 4.57. The van der Waals surface area contributed by atoms with E-state index in [4.69, 9.17) is 0 Å². The number of nitrogens with one attached hydrogen (secondary N) is 1. The van der Waals surface area contributed by atoms with E-state index in [9.17, 15) is 0 Å². The van der Waals surface area contributed by atoms with Gasteiger partial charge in [-0.2, -0.15) is 0 Å². The molecule has 0 aliphatic heterocycles. The second kappa shape index (κ2) is 6.41. The maximum absolute atomic E-state index is 3.84. The fourth-order valence-corrected chi connectivity index (χ4v) is 3.98. The minimum absolute atomic E-state index is 0.580. The van der Waals surface area contributed by atoms with E-state index < -0.39 is 0 Å². The zero-order valence-electron chi connectivity index (χ0n) is 12.8. The van der Waals surface area contributed by atoms with E-state index in [0.717, 1.165) is 17.9 Å². The van der Waals surface area contributed by atoms with Crippen molar-refractivity contribution in [3.63, 3.8) is 0 Å². The molecule has 106 valence electrons. The van der Waals surface area contributed by atoms with Gasteiger partial charge in [-0.3, -0.25) is 0 Å². The van der Waals surface area contributed by atoms with Gasteiger partial charge in [-0.15, -0.1) is 0 Å². The molecular formula is C17H33N. The van der Waals surface area contributed by atoms with Crippen LogP contribution in [0.15, 0.2) is 0 Å². The van der Waals surface area contributed by atoms with E-state index in [0.29, 0.717) is 5.41 Å². The maximum atomic E-state index is 3.84. The zero-order chi connectivity index (χ0) is 13.0. The first kappa shape index (κ1) is 14.4. The number of rotatable bonds is 4. The Balaban J connectivity index is 1.60. The molecule has 2 saturated carbocycles.